The zero-order chi connectivity index (χ0) is 13.9. The minimum absolute atomic E-state index is 0.230. The Labute approximate surface area is 116 Å². The average Bonchev–Trinajstić information content (AvgIpc) is 2.37. The molecule has 5 nitrogen and oxygen atoms in total. The van der Waals surface area contributed by atoms with E-state index in [1.807, 2.05) is 0 Å². The first-order chi connectivity index (χ1) is 8.89. The van der Waals surface area contributed by atoms with E-state index >= 15 is 0 Å². The molecule has 2 N–H and O–H groups in total. The van der Waals surface area contributed by atoms with Crippen LogP contribution in [0.5, 0.6) is 0 Å². The van der Waals surface area contributed by atoms with Crippen LogP contribution in [-0.4, -0.2) is 55.4 Å². The second kappa shape index (κ2) is 6.08. The van der Waals surface area contributed by atoms with Gasteiger partial charge in [-0.15, -0.1) is 0 Å². The van der Waals surface area contributed by atoms with Crippen LogP contribution < -0.4 is 5.32 Å². The monoisotopic (exact) mass is 290 g/mol. The summed E-state index contributed by atoms with van der Waals surface area (Å²) in [4.78, 5) is 0. The molecule has 2 fully saturated rings. The Morgan fingerprint density at radius 3 is 2.68 bits per heavy atom. The smallest absolute Gasteiger partial charge is 0.214 e. The SMILES string of the molecule is CC1(O)CCCN(S(=O)(=O)CCC2CCNCC2)C1. The molecule has 0 aliphatic carbocycles. The standard InChI is InChI=1S/C13H26N2O3S/c1-13(16)6-2-9-15(11-13)19(17,18)10-5-12-3-7-14-8-4-12/h12,14,16H,2-11H2,1H3. The number of β-amino-alcohol motifs (C(OH)–C–C–N with tert-alkyl or cyclic N) is 1. The quantitative estimate of drug-likeness (QED) is 0.793. The molecular weight excluding hydrogens is 264 g/mol. The van der Waals surface area contributed by atoms with E-state index in [2.05, 4.69) is 5.32 Å². The molecule has 0 bridgehead atoms. The Hall–Kier alpha value is -0.170. The molecule has 0 radical (unpaired) electrons. The van der Waals surface area contributed by atoms with Gasteiger partial charge in [-0.1, -0.05) is 0 Å². The molecule has 1 atom stereocenters. The minimum atomic E-state index is -3.20. The lowest BCUT2D eigenvalue weighted by Gasteiger charge is -2.36. The van der Waals surface area contributed by atoms with E-state index in [9.17, 15) is 13.5 Å². The summed E-state index contributed by atoms with van der Waals surface area (Å²) >= 11 is 0. The van der Waals surface area contributed by atoms with Gasteiger partial charge in [0, 0.05) is 13.1 Å². The maximum Gasteiger partial charge on any atom is 0.214 e. The fraction of sp³-hybridized carbons (Fsp3) is 1.00. The lowest BCUT2D eigenvalue weighted by Crippen LogP contribution is -2.49. The molecule has 2 heterocycles. The molecule has 2 aliphatic rings. The van der Waals surface area contributed by atoms with Crippen LogP contribution in [0.1, 0.15) is 39.0 Å². The van der Waals surface area contributed by atoms with E-state index in [1.165, 1.54) is 4.31 Å². The number of sulfonamides is 1. The molecule has 0 amide bonds. The normalized spacial score (nSPS) is 31.5. The highest BCUT2D eigenvalue weighted by atomic mass is 32.2. The van der Waals surface area contributed by atoms with Crippen LogP contribution >= 0.6 is 0 Å². The molecule has 0 aromatic rings. The molecule has 6 heteroatoms. The molecular formula is C13H26N2O3S. The molecule has 2 aliphatic heterocycles. The minimum Gasteiger partial charge on any atom is -0.389 e. The second-order valence-electron chi connectivity index (χ2n) is 6.23. The maximum absolute atomic E-state index is 12.3. The van der Waals surface area contributed by atoms with Crippen molar-refractivity contribution in [3.8, 4) is 0 Å². The predicted octanol–water partition coefficient (Wildman–Crippen LogP) is 0.553. The van der Waals surface area contributed by atoms with E-state index in [-0.39, 0.29) is 12.3 Å². The molecule has 1 unspecified atom stereocenters. The number of aliphatic hydroxyl groups is 1. The van der Waals surface area contributed by atoms with Crippen molar-refractivity contribution in [1.82, 2.24) is 9.62 Å². The maximum atomic E-state index is 12.3. The summed E-state index contributed by atoms with van der Waals surface area (Å²) in [6, 6.07) is 0. The molecule has 2 saturated heterocycles. The fourth-order valence-electron chi connectivity index (χ4n) is 3.03. The van der Waals surface area contributed by atoms with Gasteiger partial charge in [-0.3, -0.25) is 0 Å². The first-order valence-electron chi connectivity index (χ1n) is 7.30. The Morgan fingerprint density at radius 1 is 1.37 bits per heavy atom. The van der Waals surface area contributed by atoms with Crippen LogP contribution in [0.25, 0.3) is 0 Å². The van der Waals surface area contributed by atoms with Crippen molar-refractivity contribution in [1.29, 1.82) is 0 Å². The number of nitrogens with zero attached hydrogens (tertiary/aromatic N) is 1. The lowest BCUT2D eigenvalue weighted by atomic mass is 9.96. The van der Waals surface area contributed by atoms with Crippen LogP contribution in [0.3, 0.4) is 0 Å². The number of rotatable bonds is 4. The van der Waals surface area contributed by atoms with Crippen LogP contribution in [-0.2, 0) is 10.0 Å². The first-order valence-corrected chi connectivity index (χ1v) is 8.91. The van der Waals surface area contributed by atoms with Gasteiger partial charge in [-0.2, -0.15) is 4.31 Å². The van der Waals surface area contributed by atoms with Gasteiger partial charge in [0.25, 0.3) is 0 Å². The molecule has 0 aromatic heterocycles. The summed E-state index contributed by atoms with van der Waals surface area (Å²) in [5.41, 5.74) is -0.861. The molecule has 2 rings (SSSR count). The van der Waals surface area contributed by atoms with Crippen LogP contribution in [0.4, 0.5) is 0 Å². The van der Waals surface area contributed by atoms with Gasteiger partial charge in [0.05, 0.1) is 11.4 Å². The topological polar surface area (TPSA) is 69.6 Å². The predicted molar refractivity (Wildman–Crippen MR) is 75.4 cm³/mol. The summed E-state index contributed by atoms with van der Waals surface area (Å²) in [5.74, 6) is 0.759. The highest BCUT2D eigenvalue weighted by Gasteiger charge is 2.34. The van der Waals surface area contributed by atoms with E-state index in [4.69, 9.17) is 0 Å². The molecule has 19 heavy (non-hydrogen) atoms. The van der Waals surface area contributed by atoms with Crippen molar-refractivity contribution in [2.75, 3.05) is 31.9 Å². The van der Waals surface area contributed by atoms with E-state index in [1.54, 1.807) is 6.92 Å². The van der Waals surface area contributed by atoms with Crippen molar-refractivity contribution < 1.29 is 13.5 Å². The van der Waals surface area contributed by atoms with Crippen molar-refractivity contribution in [3.05, 3.63) is 0 Å². The van der Waals surface area contributed by atoms with Gasteiger partial charge in [0.1, 0.15) is 0 Å². The highest BCUT2D eigenvalue weighted by Crippen LogP contribution is 2.24. The van der Waals surface area contributed by atoms with Gasteiger partial charge in [-0.05, 0) is 58.0 Å². The largest absolute Gasteiger partial charge is 0.389 e. The lowest BCUT2D eigenvalue weighted by molar-refractivity contribution is 0.00937. The Morgan fingerprint density at radius 2 is 2.05 bits per heavy atom. The van der Waals surface area contributed by atoms with Crippen LogP contribution in [0.2, 0.25) is 0 Å². The van der Waals surface area contributed by atoms with Gasteiger partial charge in [0.2, 0.25) is 10.0 Å². The average molecular weight is 290 g/mol. The van der Waals surface area contributed by atoms with Gasteiger partial charge in [-0.25, -0.2) is 8.42 Å². The number of nitrogens with one attached hydrogen (secondary N) is 1. The number of piperidine rings is 2. The third-order valence-corrected chi connectivity index (χ3v) is 6.13. The number of hydrogen-bond acceptors (Lipinski definition) is 4. The van der Waals surface area contributed by atoms with E-state index in [0.717, 1.165) is 38.8 Å². The Kier molecular flexibility index (Phi) is 4.87. The second-order valence-corrected chi connectivity index (χ2v) is 8.32. The zero-order valence-electron chi connectivity index (χ0n) is 11.8. The molecule has 112 valence electrons. The van der Waals surface area contributed by atoms with Gasteiger partial charge < -0.3 is 10.4 Å². The van der Waals surface area contributed by atoms with Crippen molar-refractivity contribution in [3.63, 3.8) is 0 Å². The zero-order valence-corrected chi connectivity index (χ0v) is 12.6. The first kappa shape index (κ1) is 15.2. The summed E-state index contributed by atoms with van der Waals surface area (Å²) in [5, 5.41) is 13.3. The van der Waals surface area contributed by atoms with Crippen LogP contribution in [0.15, 0.2) is 0 Å². The van der Waals surface area contributed by atoms with Crippen molar-refractivity contribution in [2.24, 2.45) is 5.92 Å². The van der Waals surface area contributed by atoms with Crippen molar-refractivity contribution in [2.45, 2.75) is 44.6 Å². The third-order valence-electron chi connectivity index (χ3n) is 4.28. The summed E-state index contributed by atoms with van der Waals surface area (Å²) in [6.45, 7) is 4.54. The summed E-state index contributed by atoms with van der Waals surface area (Å²) in [7, 11) is -3.20. The highest BCUT2D eigenvalue weighted by molar-refractivity contribution is 7.89. The third kappa shape index (κ3) is 4.41. The Balaban J connectivity index is 1.87. The van der Waals surface area contributed by atoms with Crippen LogP contribution in [0, 0.1) is 5.92 Å². The Bertz CT molecular complexity index is 389. The number of hydrogen-bond donors (Lipinski definition) is 2. The van der Waals surface area contributed by atoms with E-state index in [0.29, 0.717) is 18.9 Å². The molecule has 0 aromatic carbocycles. The van der Waals surface area contributed by atoms with E-state index < -0.39 is 15.6 Å². The fourth-order valence-corrected chi connectivity index (χ4v) is 4.80. The molecule has 0 spiro atoms. The van der Waals surface area contributed by atoms with Gasteiger partial charge in [0.15, 0.2) is 0 Å². The summed E-state index contributed by atoms with van der Waals surface area (Å²) in [6.07, 6.45) is 4.34. The van der Waals surface area contributed by atoms with Crippen molar-refractivity contribution >= 4 is 10.0 Å². The van der Waals surface area contributed by atoms with Gasteiger partial charge >= 0.3 is 0 Å². The summed E-state index contributed by atoms with van der Waals surface area (Å²) < 4.78 is 26.1. The molecule has 0 saturated carbocycles.